The van der Waals surface area contributed by atoms with Crippen molar-refractivity contribution >= 4 is 44.1 Å². The maximum absolute atomic E-state index is 12.4. The van der Waals surface area contributed by atoms with Crippen LogP contribution in [0.1, 0.15) is 63.0 Å². The number of unbranched alkanes of at least 4 members (excludes halogenated alkanes) is 3. The SMILES string of the molecule is COC(CCn1cc(COCCCCCCc2ccc3ccc4cccc5ccc2c3c45)c(=O)[nH]c1=O)COC(=O)CCC(C)=O. The Bertz CT molecular complexity index is 1890. The number of Topliss-reactive ketones (excluding diaryl/α,β-unsaturated/α-hetero) is 1. The van der Waals surface area contributed by atoms with Crippen LogP contribution in [0, 0.1) is 0 Å². The van der Waals surface area contributed by atoms with Gasteiger partial charge in [0.2, 0.25) is 0 Å². The Kier molecular flexibility index (Phi) is 11.3. The van der Waals surface area contributed by atoms with E-state index in [1.807, 2.05) is 0 Å². The van der Waals surface area contributed by atoms with E-state index < -0.39 is 23.3 Å². The first-order chi connectivity index (χ1) is 22.3. The lowest BCUT2D eigenvalue weighted by molar-refractivity contribution is -0.148. The number of carbonyl (C=O) groups excluding carboxylic acids is 2. The lowest BCUT2D eigenvalue weighted by Crippen LogP contribution is -2.33. The molecule has 46 heavy (non-hydrogen) atoms. The molecule has 1 unspecified atom stereocenters. The second-order valence-electron chi connectivity index (χ2n) is 11.9. The highest BCUT2D eigenvalue weighted by atomic mass is 16.6. The number of nitrogens with one attached hydrogen (secondary N) is 1. The summed E-state index contributed by atoms with van der Waals surface area (Å²) >= 11 is 0. The Labute approximate surface area is 267 Å². The van der Waals surface area contributed by atoms with E-state index in [2.05, 4.69) is 59.6 Å². The molecule has 0 saturated carbocycles. The molecule has 0 saturated heterocycles. The van der Waals surface area contributed by atoms with Crippen LogP contribution < -0.4 is 11.2 Å². The van der Waals surface area contributed by atoms with E-state index in [-0.39, 0.29) is 38.4 Å². The number of aryl methyl sites for hydroxylation is 2. The lowest BCUT2D eigenvalue weighted by Gasteiger charge is -2.16. The van der Waals surface area contributed by atoms with Crippen molar-refractivity contribution in [2.45, 2.75) is 77.5 Å². The van der Waals surface area contributed by atoms with Crippen molar-refractivity contribution in [3.8, 4) is 0 Å². The van der Waals surface area contributed by atoms with Gasteiger partial charge < -0.3 is 23.6 Å². The fraction of sp³-hybridized carbons (Fsp3) is 0.405. The van der Waals surface area contributed by atoms with Gasteiger partial charge in [0.25, 0.3) is 5.56 Å². The van der Waals surface area contributed by atoms with Crippen LogP contribution in [-0.2, 0) is 43.4 Å². The van der Waals surface area contributed by atoms with E-state index in [9.17, 15) is 19.2 Å². The first-order valence-electron chi connectivity index (χ1n) is 16.1. The number of hydrogen-bond acceptors (Lipinski definition) is 7. The monoisotopic (exact) mass is 626 g/mol. The average molecular weight is 627 g/mol. The number of nitrogens with zero attached hydrogens (tertiary/aromatic N) is 1. The minimum Gasteiger partial charge on any atom is -0.463 e. The summed E-state index contributed by atoms with van der Waals surface area (Å²) in [5, 5.41) is 7.92. The maximum atomic E-state index is 12.4. The van der Waals surface area contributed by atoms with E-state index in [0.717, 1.165) is 32.1 Å². The summed E-state index contributed by atoms with van der Waals surface area (Å²) in [4.78, 5) is 49.9. The van der Waals surface area contributed by atoms with Crippen LogP contribution in [0.3, 0.4) is 0 Å². The van der Waals surface area contributed by atoms with Crippen LogP contribution in [-0.4, -0.2) is 47.7 Å². The summed E-state index contributed by atoms with van der Waals surface area (Å²) in [6.45, 7) is 2.33. The van der Waals surface area contributed by atoms with Gasteiger partial charge in [-0.3, -0.25) is 14.6 Å². The Balaban J connectivity index is 1.04. The molecule has 0 radical (unpaired) electrons. The highest BCUT2D eigenvalue weighted by Crippen LogP contribution is 2.36. The third kappa shape index (κ3) is 8.27. The van der Waals surface area contributed by atoms with Crippen LogP contribution in [0.5, 0.6) is 0 Å². The molecule has 4 aromatic carbocycles. The summed E-state index contributed by atoms with van der Waals surface area (Å²) in [5.41, 5.74) is 0.779. The van der Waals surface area contributed by atoms with Crippen molar-refractivity contribution in [3.05, 3.63) is 92.8 Å². The van der Waals surface area contributed by atoms with E-state index in [4.69, 9.17) is 14.2 Å². The average Bonchev–Trinajstić information content (AvgIpc) is 3.05. The van der Waals surface area contributed by atoms with Crippen molar-refractivity contribution in [3.63, 3.8) is 0 Å². The van der Waals surface area contributed by atoms with E-state index in [1.54, 1.807) is 0 Å². The van der Waals surface area contributed by atoms with Gasteiger partial charge in [-0.1, -0.05) is 67.4 Å². The number of rotatable bonds is 18. The van der Waals surface area contributed by atoms with Crippen LogP contribution in [0.15, 0.2) is 70.4 Å². The van der Waals surface area contributed by atoms with Crippen molar-refractivity contribution in [2.24, 2.45) is 0 Å². The normalized spacial score (nSPS) is 12.3. The number of methoxy groups -OCH3 is 1. The molecule has 242 valence electrons. The Morgan fingerprint density at radius 1 is 0.848 bits per heavy atom. The highest BCUT2D eigenvalue weighted by Gasteiger charge is 2.14. The fourth-order valence-electron chi connectivity index (χ4n) is 5.98. The number of ether oxygens (including phenoxy) is 3. The minimum absolute atomic E-state index is 0.0137. The molecule has 0 fully saturated rings. The van der Waals surface area contributed by atoms with Crippen LogP contribution in [0.4, 0.5) is 0 Å². The first-order valence-corrected chi connectivity index (χ1v) is 16.1. The summed E-state index contributed by atoms with van der Waals surface area (Å²) < 4.78 is 17.8. The summed E-state index contributed by atoms with van der Waals surface area (Å²) in [6, 6.07) is 19.9. The molecule has 5 aromatic rings. The zero-order valence-corrected chi connectivity index (χ0v) is 26.6. The number of aromatic nitrogens is 2. The van der Waals surface area contributed by atoms with Crippen LogP contribution in [0.2, 0.25) is 0 Å². The van der Waals surface area contributed by atoms with Gasteiger partial charge in [-0.15, -0.1) is 0 Å². The van der Waals surface area contributed by atoms with Gasteiger partial charge in [-0.05, 0) is 70.5 Å². The molecule has 1 heterocycles. The third-order valence-corrected chi connectivity index (χ3v) is 8.58. The topological polar surface area (TPSA) is 117 Å². The molecule has 9 nitrogen and oxygen atoms in total. The second-order valence-corrected chi connectivity index (χ2v) is 11.9. The molecule has 9 heteroatoms. The molecule has 0 aliphatic heterocycles. The molecule has 0 aliphatic rings. The Morgan fingerprint density at radius 2 is 1.57 bits per heavy atom. The van der Waals surface area contributed by atoms with E-state index in [1.165, 1.54) is 62.7 Å². The molecule has 1 atom stereocenters. The zero-order chi connectivity index (χ0) is 32.5. The summed E-state index contributed by atoms with van der Waals surface area (Å²) in [5.74, 6) is -0.550. The molecule has 1 N–H and O–H groups in total. The molecule has 0 bridgehead atoms. The lowest BCUT2D eigenvalue weighted by atomic mass is 9.90. The predicted octanol–water partition coefficient (Wildman–Crippen LogP) is 6.07. The second kappa shape index (κ2) is 15.8. The van der Waals surface area contributed by atoms with Gasteiger partial charge in [0.15, 0.2) is 0 Å². The number of carbonyl (C=O) groups is 2. The van der Waals surface area contributed by atoms with Gasteiger partial charge in [-0.25, -0.2) is 4.79 Å². The fourth-order valence-corrected chi connectivity index (χ4v) is 5.98. The molecule has 0 spiro atoms. The third-order valence-electron chi connectivity index (χ3n) is 8.58. The van der Waals surface area contributed by atoms with Crippen molar-refractivity contribution < 1.29 is 23.8 Å². The van der Waals surface area contributed by atoms with Crippen LogP contribution in [0.25, 0.3) is 32.3 Å². The van der Waals surface area contributed by atoms with E-state index in [0.29, 0.717) is 18.6 Å². The van der Waals surface area contributed by atoms with Gasteiger partial charge in [-0.2, -0.15) is 0 Å². The van der Waals surface area contributed by atoms with Crippen molar-refractivity contribution in [1.82, 2.24) is 9.55 Å². The largest absolute Gasteiger partial charge is 0.463 e. The Hall–Kier alpha value is -4.34. The summed E-state index contributed by atoms with van der Waals surface area (Å²) in [7, 11) is 1.50. The van der Waals surface area contributed by atoms with Gasteiger partial charge in [0.1, 0.15) is 12.4 Å². The molecular formula is C37H42N2O7. The van der Waals surface area contributed by atoms with Gasteiger partial charge >= 0.3 is 11.7 Å². The van der Waals surface area contributed by atoms with Crippen LogP contribution >= 0.6 is 0 Å². The quantitative estimate of drug-likeness (QED) is 0.0713. The maximum Gasteiger partial charge on any atom is 0.328 e. The molecule has 5 rings (SSSR count). The summed E-state index contributed by atoms with van der Waals surface area (Å²) in [6.07, 6.45) is 6.75. The van der Waals surface area contributed by atoms with Crippen molar-refractivity contribution in [1.29, 1.82) is 0 Å². The molecule has 1 aromatic heterocycles. The highest BCUT2D eigenvalue weighted by molar-refractivity contribution is 6.23. The molecular weight excluding hydrogens is 584 g/mol. The smallest absolute Gasteiger partial charge is 0.328 e. The number of hydrogen-bond donors (Lipinski definition) is 1. The van der Waals surface area contributed by atoms with Crippen molar-refractivity contribution in [2.75, 3.05) is 20.3 Å². The number of H-pyrrole nitrogens is 1. The number of aromatic amines is 1. The number of esters is 1. The predicted molar refractivity (Wildman–Crippen MR) is 180 cm³/mol. The number of ketones is 1. The molecule has 0 amide bonds. The minimum atomic E-state index is -0.522. The van der Waals surface area contributed by atoms with E-state index >= 15 is 0 Å². The standard InChI is InChI=1S/C37H42N2O7/c1-25(40)11-18-33(41)46-24-31(44-2)19-20-39-22-30(36(42)38-37(39)43)23-45-21-6-4-3-5-8-26-12-13-29-15-14-27-9-7-10-28-16-17-32(26)35(29)34(27)28/h7,9-10,12-17,22,31H,3-6,8,11,18-21,23-24H2,1-2H3,(H,38,42,43). The number of benzene rings is 4. The van der Waals surface area contributed by atoms with Gasteiger partial charge in [0.05, 0.1) is 24.7 Å². The molecule has 0 aliphatic carbocycles. The first kappa shape index (κ1) is 33.0. The zero-order valence-electron chi connectivity index (χ0n) is 26.6. The van der Waals surface area contributed by atoms with Gasteiger partial charge in [0, 0.05) is 32.9 Å². The Morgan fingerprint density at radius 3 is 2.33 bits per heavy atom.